The van der Waals surface area contributed by atoms with E-state index < -0.39 is 5.97 Å². The molecule has 3 nitrogen and oxygen atoms in total. The molecule has 0 unspecified atom stereocenters. The van der Waals surface area contributed by atoms with Crippen molar-refractivity contribution in [3.63, 3.8) is 0 Å². The molecule has 0 spiro atoms. The molecular weight excluding hydrogens is 252 g/mol. The van der Waals surface area contributed by atoms with Gasteiger partial charge in [0.25, 0.3) is 0 Å². The lowest BCUT2D eigenvalue weighted by Gasteiger charge is -2.16. The van der Waals surface area contributed by atoms with Crippen LogP contribution in [0.1, 0.15) is 30.5 Å². The van der Waals surface area contributed by atoms with E-state index in [2.05, 4.69) is 0 Å². The monoisotopic (exact) mass is 268 g/mol. The number of allylic oxidation sites excluding steroid dienone is 1. The molecule has 4 heteroatoms. The molecule has 0 bridgehead atoms. The van der Waals surface area contributed by atoms with Crippen LogP contribution in [0.3, 0.4) is 0 Å². The summed E-state index contributed by atoms with van der Waals surface area (Å²) < 4.78 is 5.56. The van der Waals surface area contributed by atoms with Crippen molar-refractivity contribution in [3.05, 3.63) is 33.9 Å². The number of ether oxygens (including phenoxy) is 1. The van der Waals surface area contributed by atoms with E-state index in [1.807, 2.05) is 26.8 Å². The molecule has 0 aliphatic rings. The first-order chi connectivity index (χ1) is 8.38. The Bertz CT molecular complexity index is 504. The fourth-order valence-electron chi connectivity index (χ4n) is 1.94. The lowest BCUT2D eigenvalue weighted by atomic mass is 9.98. The van der Waals surface area contributed by atoms with Crippen molar-refractivity contribution < 1.29 is 14.6 Å². The minimum Gasteiger partial charge on any atom is -0.493 e. The Balaban J connectivity index is 3.48. The van der Waals surface area contributed by atoms with Gasteiger partial charge in [-0.05, 0) is 50.5 Å². The second-order valence-electron chi connectivity index (χ2n) is 4.10. The smallest absolute Gasteiger partial charge is 0.328 e. The highest BCUT2D eigenvalue weighted by Gasteiger charge is 2.15. The average Bonchev–Trinajstić information content (AvgIpc) is 2.25. The fraction of sp³-hybridized carbons (Fsp3) is 0.357. The first kappa shape index (κ1) is 14.6. The summed E-state index contributed by atoms with van der Waals surface area (Å²) >= 11 is 6.21. The minimum atomic E-state index is -0.981. The summed E-state index contributed by atoms with van der Waals surface area (Å²) in [6.07, 6.45) is 1.16. The van der Waals surface area contributed by atoms with Crippen molar-refractivity contribution in [2.24, 2.45) is 0 Å². The van der Waals surface area contributed by atoms with E-state index in [1.165, 1.54) is 0 Å². The molecule has 0 fully saturated rings. The number of carboxylic acid groups (broad SMARTS) is 1. The van der Waals surface area contributed by atoms with Gasteiger partial charge in [0.2, 0.25) is 0 Å². The average molecular weight is 269 g/mol. The van der Waals surface area contributed by atoms with Gasteiger partial charge in [-0.15, -0.1) is 0 Å². The van der Waals surface area contributed by atoms with Gasteiger partial charge >= 0.3 is 5.97 Å². The maximum Gasteiger partial charge on any atom is 0.328 e. The Morgan fingerprint density at radius 2 is 2.11 bits per heavy atom. The minimum absolute atomic E-state index is 0.522. The molecule has 18 heavy (non-hydrogen) atoms. The molecule has 1 rings (SSSR count). The zero-order valence-corrected chi connectivity index (χ0v) is 11.8. The summed E-state index contributed by atoms with van der Waals surface area (Å²) in [5.74, 6) is -0.307. The molecule has 1 aromatic rings. The predicted molar refractivity (Wildman–Crippen MR) is 73.4 cm³/mol. The second kappa shape index (κ2) is 5.91. The highest BCUT2D eigenvalue weighted by Crippen LogP contribution is 2.36. The summed E-state index contributed by atoms with van der Waals surface area (Å²) in [5, 5.41) is 9.48. The summed E-state index contributed by atoms with van der Waals surface area (Å²) in [6, 6.07) is 1.84. The maximum absolute atomic E-state index is 10.8. The lowest BCUT2D eigenvalue weighted by molar-refractivity contribution is -0.131. The van der Waals surface area contributed by atoms with Crippen LogP contribution >= 0.6 is 11.6 Å². The molecule has 0 heterocycles. The van der Waals surface area contributed by atoms with Crippen molar-refractivity contribution in [2.75, 3.05) is 6.61 Å². The van der Waals surface area contributed by atoms with E-state index in [-0.39, 0.29) is 0 Å². The molecule has 0 saturated carbocycles. The highest BCUT2D eigenvalue weighted by atomic mass is 35.5. The second-order valence-corrected chi connectivity index (χ2v) is 4.48. The number of aliphatic carboxylic acids is 1. The van der Waals surface area contributed by atoms with Crippen LogP contribution in [0.2, 0.25) is 5.02 Å². The van der Waals surface area contributed by atoms with Crippen molar-refractivity contribution in [1.82, 2.24) is 0 Å². The SMILES string of the molecule is CCOc1cc(C)c(Cl)c(C)c1/C(C)=C/C(=O)O. The van der Waals surface area contributed by atoms with Crippen LogP contribution in [0.5, 0.6) is 5.75 Å². The number of halogens is 1. The summed E-state index contributed by atoms with van der Waals surface area (Å²) in [5.41, 5.74) is 3.15. The number of carboxylic acids is 1. The Hall–Kier alpha value is -1.48. The first-order valence-corrected chi connectivity index (χ1v) is 6.10. The van der Waals surface area contributed by atoms with Crippen LogP contribution < -0.4 is 4.74 Å². The third-order valence-electron chi connectivity index (χ3n) is 2.68. The fourth-order valence-corrected chi connectivity index (χ4v) is 2.09. The van der Waals surface area contributed by atoms with Gasteiger partial charge in [0.15, 0.2) is 0 Å². The normalized spacial score (nSPS) is 11.5. The van der Waals surface area contributed by atoms with E-state index in [1.54, 1.807) is 6.92 Å². The van der Waals surface area contributed by atoms with E-state index >= 15 is 0 Å². The van der Waals surface area contributed by atoms with Crippen molar-refractivity contribution in [1.29, 1.82) is 0 Å². The molecule has 1 aromatic carbocycles. The van der Waals surface area contributed by atoms with E-state index in [0.29, 0.717) is 23.0 Å². The maximum atomic E-state index is 10.8. The van der Waals surface area contributed by atoms with Crippen LogP contribution in [-0.2, 0) is 4.79 Å². The summed E-state index contributed by atoms with van der Waals surface area (Å²) in [4.78, 5) is 10.8. The van der Waals surface area contributed by atoms with Gasteiger partial charge in [-0.2, -0.15) is 0 Å². The quantitative estimate of drug-likeness (QED) is 0.844. The Morgan fingerprint density at radius 3 is 2.61 bits per heavy atom. The highest BCUT2D eigenvalue weighted by molar-refractivity contribution is 6.32. The van der Waals surface area contributed by atoms with Gasteiger partial charge in [0, 0.05) is 16.7 Å². The topological polar surface area (TPSA) is 46.5 Å². The van der Waals surface area contributed by atoms with Gasteiger partial charge in [-0.3, -0.25) is 0 Å². The molecule has 0 radical (unpaired) electrons. The third kappa shape index (κ3) is 3.05. The van der Waals surface area contributed by atoms with Gasteiger partial charge in [0.1, 0.15) is 5.75 Å². The molecule has 0 atom stereocenters. The zero-order valence-electron chi connectivity index (χ0n) is 11.0. The largest absolute Gasteiger partial charge is 0.493 e. The molecule has 0 saturated heterocycles. The van der Waals surface area contributed by atoms with E-state index in [4.69, 9.17) is 21.4 Å². The number of hydrogen-bond acceptors (Lipinski definition) is 2. The Kier molecular flexibility index (Phi) is 4.79. The zero-order chi connectivity index (χ0) is 13.9. The van der Waals surface area contributed by atoms with Crippen LogP contribution in [0.25, 0.3) is 5.57 Å². The molecule has 0 aliphatic carbocycles. The molecule has 0 aromatic heterocycles. The Morgan fingerprint density at radius 1 is 1.50 bits per heavy atom. The standard InChI is InChI=1S/C14H17ClO3/c1-5-18-11-6-9(3)14(15)10(4)13(11)8(2)7-12(16)17/h6-7H,5H2,1-4H3,(H,16,17)/b8-7+. The van der Waals surface area contributed by atoms with Crippen LogP contribution in [-0.4, -0.2) is 17.7 Å². The summed E-state index contributed by atoms with van der Waals surface area (Å²) in [6.45, 7) is 7.92. The lowest BCUT2D eigenvalue weighted by Crippen LogP contribution is -2.01. The molecular formula is C14H17ClO3. The van der Waals surface area contributed by atoms with E-state index in [0.717, 1.165) is 22.8 Å². The number of aryl methyl sites for hydroxylation is 1. The van der Waals surface area contributed by atoms with Gasteiger partial charge in [0.05, 0.1) is 6.61 Å². The van der Waals surface area contributed by atoms with Crippen molar-refractivity contribution in [2.45, 2.75) is 27.7 Å². The predicted octanol–water partition coefficient (Wildman–Crippen LogP) is 3.84. The Labute approximate surface area is 112 Å². The third-order valence-corrected chi connectivity index (χ3v) is 3.26. The van der Waals surface area contributed by atoms with Crippen LogP contribution in [0, 0.1) is 13.8 Å². The number of hydrogen-bond donors (Lipinski definition) is 1. The first-order valence-electron chi connectivity index (χ1n) is 5.72. The van der Waals surface area contributed by atoms with Crippen LogP contribution in [0.15, 0.2) is 12.1 Å². The molecule has 98 valence electrons. The van der Waals surface area contributed by atoms with Gasteiger partial charge < -0.3 is 9.84 Å². The molecule has 1 N–H and O–H groups in total. The molecule has 0 aliphatic heterocycles. The van der Waals surface area contributed by atoms with Gasteiger partial charge in [-0.1, -0.05) is 11.6 Å². The van der Waals surface area contributed by atoms with Crippen LogP contribution in [0.4, 0.5) is 0 Å². The van der Waals surface area contributed by atoms with Gasteiger partial charge in [-0.25, -0.2) is 4.79 Å². The molecule has 0 amide bonds. The number of rotatable bonds is 4. The summed E-state index contributed by atoms with van der Waals surface area (Å²) in [7, 11) is 0. The number of benzene rings is 1. The van der Waals surface area contributed by atoms with Crippen molar-refractivity contribution in [3.8, 4) is 5.75 Å². The number of carbonyl (C=O) groups is 1. The van der Waals surface area contributed by atoms with E-state index in [9.17, 15) is 4.79 Å². The van der Waals surface area contributed by atoms with Crippen molar-refractivity contribution >= 4 is 23.1 Å².